The number of nitrogens with zero attached hydrogens (tertiary/aromatic N) is 4. The van der Waals surface area contributed by atoms with Crippen LogP contribution in [0.5, 0.6) is 0 Å². The summed E-state index contributed by atoms with van der Waals surface area (Å²) in [7, 11) is 0. The van der Waals surface area contributed by atoms with Crippen molar-refractivity contribution in [3.63, 3.8) is 0 Å². The van der Waals surface area contributed by atoms with Gasteiger partial charge in [0.1, 0.15) is 18.0 Å². The standard InChI is InChI=1S/C29H33F4N5O/c1-17(2)36-21-14-28(21,19-4-3-18(13-20(19)30)29(31,32)33)25(39)38-11-9-37(10-12-38)24-22-23(34-16-35-24)27(7-8-27)15-26(22)5-6-26/h3-4,13,16-17,21,36H,5-12,14-15H2,1-2H3. The number of halogens is 4. The number of alkyl halides is 3. The molecular formula is C29H33F4N5O. The van der Waals surface area contributed by atoms with Crippen LogP contribution in [0.25, 0.3) is 0 Å². The van der Waals surface area contributed by atoms with Crippen LogP contribution in [-0.2, 0) is 27.2 Å². The zero-order valence-corrected chi connectivity index (χ0v) is 22.2. The molecule has 0 radical (unpaired) electrons. The highest BCUT2D eigenvalue weighted by molar-refractivity contribution is 5.93. The second kappa shape index (κ2) is 8.15. The molecular weight excluding hydrogens is 510 g/mol. The minimum Gasteiger partial charge on any atom is -0.353 e. The molecule has 1 aromatic heterocycles. The third kappa shape index (κ3) is 3.80. The van der Waals surface area contributed by atoms with Gasteiger partial charge in [0.05, 0.1) is 16.7 Å². The molecule has 1 aliphatic heterocycles. The molecule has 208 valence electrons. The van der Waals surface area contributed by atoms with Crippen LogP contribution in [-0.4, -0.2) is 59.0 Å². The Kier molecular flexibility index (Phi) is 5.27. The number of hydrogen-bond donors (Lipinski definition) is 1. The summed E-state index contributed by atoms with van der Waals surface area (Å²) in [5.41, 5.74) is 0.836. The normalized spacial score (nSPS) is 27.8. The third-order valence-electron chi connectivity index (χ3n) is 9.76. The molecule has 2 spiro atoms. The minimum atomic E-state index is -4.65. The van der Waals surface area contributed by atoms with E-state index >= 15 is 4.39 Å². The van der Waals surface area contributed by atoms with E-state index < -0.39 is 23.0 Å². The Hall–Kier alpha value is -2.75. The van der Waals surface area contributed by atoms with Crippen molar-refractivity contribution >= 4 is 11.7 Å². The maximum atomic E-state index is 15.2. The first kappa shape index (κ1) is 25.2. The lowest BCUT2D eigenvalue weighted by atomic mass is 9.91. The highest BCUT2D eigenvalue weighted by Crippen LogP contribution is 2.70. The van der Waals surface area contributed by atoms with Gasteiger partial charge in [-0.3, -0.25) is 4.79 Å². The first-order valence-corrected chi connectivity index (χ1v) is 14.0. The lowest BCUT2D eigenvalue weighted by molar-refractivity contribution is -0.137. The van der Waals surface area contributed by atoms with Crippen LogP contribution >= 0.6 is 0 Å². The molecule has 6 nitrogen and oxygen atoms in total. The molecule has 1 saturated heterocycles. The summed E-state index contributed by atoms with van der Waals surface area (Å²) in [6.07, 6.45) is 3.36. The maximum Gasteiger partial charge on any atom is 0.416 e. The molecule has 3 saturated carbocycles. The smallest absolute Gasteiger partial charge is 0.353 e. The number of rotatable bonds is 5. The topological polar surface area (TPSA) is 61.4 Å². The molecule has 10 heteroatoms. The second-order valence-electron chi connectivity index (χ2n) is 12.7. The molecule has 2 heterocycles. The number of benzene rings is 1. The van der Waals surface area contributed by atoms with E-state index in [-0.39, 0.29) is 34.4 Å². The molecule has 7 rings (SSSR count). The Morgan fingerprint density at radius 1 is 1.05 bits per heavy atom. The highest BCUT2D eigenvalue weighted by atomic mass is 19.4. The number of nitrogens with one attached hydrogen (secondary N) is 1. The molecule has 4 aliphatic carbocycles. The Morgan fingerprint density at radius 2 is 1.74 bits per heavy atom. The van der Waals surface area contributed by atoms with Crippen molar-refractivity contribution in [1.29, 1.82) is 0 Å². The number of hydrogen-bond acceptors (Lipinski definition) is 5. The molecule has 4 fully saturated rings. The van der Waals surface area contributed by atoms with E-state index in [1.807, 2.05) is 13.8 Å². The van der Waals surface area contributed by atoms with Gasteiger partial charge in [-0.2, -0.15) is 13.2 Å². The molecule has 2 aromatic rings. The van der Waals surface area contributed by atoms with Crippen molar-refractivity contribution in [1.82, 2.24) is 20.2 Å². The maximum absolute atomic E-state index is 15.2. The van der Waals surface area contributed by atoms with Crippen LogP contribution in [0.3, 0.4) is 0 Å². The first-order valence-electron chi connectivity index (χ1n) is 14.0. The average molecular weight is 544 g/mol. The molecule has 2 unspecified atom stereocenters. The zero-order valence-electron chi connectivity index (χ0n) is 22.2. The third-order valence-corrected chi connectivity index (χ3v) is 9.76. The number of carbonyl (C=O) groups is 1. The number of aromatic nitrogens is 2. The second-order valence-corrected chi connectivity index (χ2v) is 12.7. The van der Waals surface area contributed by atoms with Gasteiger partial charge in [0.15, 0.2) is 0 Å². The largest absolute Gasteiger partial charge is 0.416 e. The number of carbonyl (C=O) groups excluding carboxylic acids is 1. The van der Waals surface area contributed by atoms with Gasteiger partial charge in [-0.25, -0.2) is 14.4 Å². The van der Waals surface area contributed by atoms with Crippen LogP contribution in [0.4, 0.5) is 23.4 Å². The first-order chi connectivity index (χ1) is 18.5. The predicted molar refractivity (Wildman–Crippen MR) is 137 cm³/mol. The SMILES string of the molecule is CC(C)NC1CC1(C(=O)N1CCN(c2ncnc3c2C2(CC2)CC32CC2)CC1)c1ccc(C(F)(F)F)cc1F. The average Bonchev–Trinajstić information content (AvgIpc) is 3.81. The van der Waals surface area contributed by atoms with E-state index in [2.05, 4.69) is 10.2 Å². The molecule has 5 aliphatic rings. The number of fused-ring (bicyclic) bond motifs is 3. The Morgan fingerprint density at radius 3 is 2.33 bits per heavy atom. The Labute approximate surface area is 225 Å². The Balaban J connectivity index is 1.13. The summed E-state index contributed by atoms with van der Waals surface area (Å²) in [6.45, 7) is 5.99. The summed E-state index contributed by atoms with van der Waals surface area (Å²) in [5.74, 6) is -0.199. The number of amides is 1. The molecule has 1 aromatic carbocycles. The predicted octanol–water partition coefficient (Wildman–Crippen LogP) is 4.46. The molecule has 1 amide bonds. The van der Waals surface area contributed by atoms with Crippen molar-refractivity contribution in [3.05, 3.63) is 52.7 Å². The van der Waals surface area contributed by atoms with Gasteiger partial charge < -0.3 is 15.1 Å². The van der Waals surface area contributed by atoms with Crippen LogP contribution < -0.4 is 10.2 Å². The fourth-order valence-electron chi connectivity index (χ4n) is 7.44. The summed E-state index contributed by atoms with van der Waals surface area (Å²) in [6, 6.07) is 2.27. The van der Waals surface area contributed by atoms with Crippen LogP contribution in [0.2, 0.25) is 0 Å². The minimum absolute atomic E-state index is 0.0418. The van der Waals surface area contributed by atoms with Crippen molar-refractivity contribution in [2.75, 3.05) is 31.1 Å². The van der Waals surface area contributed by atoms with Crippen LogP contribution in [0, 0.1) is 5.82 Å². The van der Waals surface area contributed by atoms with Gasteiger partial charge in [-0.15, -0.1) is 0 Å². The molecule has 39 heavy (non-hydrogen) atoms. The highest BCUT2D eigenvalue weighted by Gasteiger charge is 2.66. The summed E-state index contributed by atoms with van der Waals surface area (Å²) < 4.78 is 54.8. The summed E-state index contributed by atoms with van der Waals surface area (Å²) >= 11 is 0. The monoisotopic (exact) mass is 543 g/mol. The number of piperazine rings is 1. The van der Waals surface area contributed by atoms with Crippen LogP contribution in [0.15, 0.2) is 24.5 Å². The van der Waals surface area contributed by atoms with E-state index in [1.165, 1.54) is 43.4 Å². The van der Waals surface area contributed by atoms with Gasteiger partial charge in [0.2, 0.25) is 5.91 Å². The fourth-order valence-corrected chi connectivity index (χ4v) is 7.44. The van der Waals surface area contributed by atoms with Gasteiger partial charge in [-0.1, -0.05) is 19.9 Å². The van der Waals surface area contributed by atoms with E-state index in [9.17, 15) is 18.0 Å². The van der Waals surface area contributed by atoms with Crippen molar-refractivity contribution < 1.29 is 22.4 Å². The number of anilines is 1. The van der Waals surface area contributed by atoms with Crippen molar-refractivity contribution in [2.24, 2.45) is 0 Å². The van der Waals surface area contributed by atoms with Gasteiger partial charge in [0, 0.05) is 60.2 Å². The van der Waals surface area contributed by atoms with Gasteiger partial charge in [-0.05, 0) is 50.7 Å². The lowest BCUT2D eigenvalue weighted by Gasteiger charge is -2.38. The zero-order chi connectivity index (χ0) is 27.4. The van der Waals surface area contributed by atoms with Crippen molar-refractivity contribution in [2.45, 2.75) is 86.9 Å². The lowest BCUT2D eigenvalue weighted by Crippen LogP contribution is -2.53. The quantitative estimate of drug-likeness (QED) is 0.565. The van der Waals surface area contributed by atoms with Gasteiger partial charge in [0.25, 0.3) is 0 Å². The molecule has 2 atom stereocenters. The van der Waals surface area contributed by atoms with Gasteiger partial charge >= 0.3 is 6.18 Å². The van der Waals surface area contributed by atoms with E-state index in [1.54, 1.807) is 11.2 Å². The Bertz CT molecular complexity index is 1340. The summed E-state index contributed by atoms with van der Waals surface area (Å²) in [4.78, 5) is 27.5. The fraction of sp³-hybridized carbons (Fsp3) is 0.621. The molecule has 1 N–H and O–H groups in total. The van der Waals surface area contributed by atoms with Crippen molar-refractivity contribution in [3.8, 4) is 0 Å². The van der Waals surface area contributed by atoms with E-state index in [4.69, 9.17) is 9.97 Å². The van der Waals surface area contributed by atoms with E-state index in [0.29, 0.717) is 38.7 Å². The van der Waals surface area contributed by atoms with E-state index in [0.717, 1.165) is 18.0 Å². The summed E-state index contributed by atoms with van der Waals surface area (Å²) in [5, 5.41) is 3.33. The van der Waals surface area contributed by atoms with Crippen LogP contribution in [0.1, 0.15) is 74.8 Å². The molecule has 0 bridgehead atoms.